The fourth-order valence-corrected chi connectivity index (χ4v) is 2.13. The van der Waals surface area contributed by atoms with Gasteiger partial charge in [-0.05, 0) is 18.6 Å². The van der Waals surface area contributed by atoms with Crippen molar-refractivity contribution in [3.8, 4) is 0 Å². The first-order valence-corrected chi connectivity index (χ1v) is 5.84. The first kappa shape index (κ1) is 10.1. The smallest absolute Gasteiger partial charge is 0.210 e. The van der Waals surface area contributed by atoms with Gasteiger partial charge in [0.2, 0.25) is 5.13 Å². The zero-order chi connectivity index (χ0) is 10.5. The number of nitrogens with zero attached hydrogens (tertiary/aromatic N) is 2. The van der Waals surface area contributed by atoms with Crippen LogP contribution in [0.4, 0.5) is 10.8 Å². The number of aromatic nitrogens is 2. The summed E-state index contributed by atoms with van der Waals surface area (Å²) in [6, 6.07) is 10.0. The molecule has 15 heavy (non-hydrogen) atoms. The first-order valence-electron chi connectivity index (χ1n) is 5.03. The Bertz CT molecular complexity index is 411. The molecule has 0 atom stereocenters. The zero-order valence-corrected chi connectivity index (χ0v) is 9.42. The van der Waals surface area contributed by atoms with Gasteiger partial charge in [0.15, 0.2) is 0 Å². The van der Waals surface area contributed by atoms with Gasteiger partial charge < -0.3 is 5.32 Å². The molecule has 0 saturated carbocycles. The van der Waals surface area contributed by atoms with E-state index in [1.807, 2.05) is 30.3 Å². The third-order valence-corrected chi connectivity index (χ3v) is 2.85. The Morgan fingerprint density at radius 2 is 2.00 bits per heavy atom. The molecule has 4 heteroatoms. The highest BCUT2D eigenvalue weighted by molar-refractivity contribution is 7.15. The second-order valence-corrected chi connectivity index (χ2v) is 4.30. The minimum absolute atomic E-state index is 0.865. The highest BCUT2D eigenvalue weighted by Gasteiger charge is 2.02. The third kappa shape index (κ3) is 2.76. The van der Waals surface area contributed by atoms with Gasteiger partial charge in [-0.3, -0.25) is 0 Å². The second kappa shape index (κ2) is 4.89. The number of aryl methyl sites for hydroxylation is 1. The number of nitrogens with one attached hydrogen (secondary N) is 1. The van der Waals surface area contributed by atoms with Crippen LogP contribution in [0.2, 0.25) is 0 Å². The summed E-state index contributed by atoms with van der Waals surface area (Å²) in [7, 11) is 0. The Morgan fingerprint density at radius 1 is 1.20 bits per heavy atom. The molecule has 0 spiro atoms. The summed E-state index contributed by atoms with van der Waals surface area (Å²) in [5.74, 6) is 0. The van der Waals surface area contributed by atoms with Crippen LogP contribution in [0.15, 0.2) is 30.3 Å². The van der Waals surface area contributed by atoms with E-state index in [2.05, 4.69) is 22.4 Å². The molecule has 2 rings (SSSR count). The molecule has 0 radical (unpaired) electrons. The fraction of sp³-hybridized carbons (Fsp3) is 0.273. The van der Waals surface area contributed by atoms with Crippen LogP contribution < -0.4 is 5.32 Å². The van der Waals surface area contributed by atoms with Crippen LogP contribution >= 0.6 is 11.3 Å². The van der Waals surface area contributed by atoms with Gasteiger partial charge in [-0.15, -0.1) is 10.2 Å². The van der Waals surface area contributed by atoms with Gasteiger partial charge in [-0.1, -0.05) is 36.5 Å². The van der Waals surface area contributed by atoms with E-state index in [-0.39, 0.29) is 0 Å². The summed E-state index contributed by atoms with van der Waals surface area (Å²) in [6.07, 6.45) is 2.12. The molecule has 78 valence electrons. The normalized spacial score (nSPS) is 10.2. The summed E-state index contributed by atoms with van der Waals surface area (Å²) < 4.78 is 0. The Morgan fingerprint density at radius 3 is 2.73 bits per heavy atom. The lowest BCUT2D eigenvalue weighted by Crippen LogP contribution is -1.87. The number of para-hydroxylation sites is 1. The van der Waals surface area contributed by atoms with Gasteiger partial charge in [0.1, 0.15) is 5.01 Å². The minimum atomic E-state index is 0.865. The molecule has 1 aromatic heterocycles. The van der Waals surface area contributed by atoms with Crippen LogP contribution in [0.5, 0.6) is 0 Å². The van der Waals surface area contributed by atoms with E-state index in [4.69, 9.17) is 0 Å². The van der Waals surface area contributed by atoms with E-state index < -0.39 is 0 Å². The summed E-state index contributed by atoms with van der Waals surface area (Å²) in [5, 5.41) is 13.4. The van der Waals surface area contributed by atoms with Crippen molar-refractivity contribution < 1.29 is 0 Å². The van der Waals surface area contributed by atoms with Crippen LogP contribution in [-0.4, -0.2) is 10.2 Å². The van der Waals surface area contributed by atoms with Crippen LogP contribution in [0.1, 0.15) is 18.4 Å². The van der Waals surface area contributed by atoms with Gasteiger partial charge in [0, 0.05) is 12.1 Å². The summed E-state index contributed by atoms with van der Waals surface area (Å²) in [5.41, 5.74) is 1.05. The molecule has 0 saturated heterocycles. The highest BCUT2D eigenvalue weighted by Crippen LogP contribution is 2.20. The summed E-state index contributed by atoms with van der Waals surface area (Å²) in [6.45, 7) is 2.14. The quantitative estimate of drug-likeness (QED) is 0.857. The fourth-order valence-electron chi connectivity index (χ4n) is 1.26. The number of anilines is 2. The maximum atomic E-state index is 4.11. The van der Waals surface area contributed by atoms with Gasteiger partial charge in [-0.25, -0.2) is 0 Å². The number of benzene rings is 1. The van der Waals surface area contributed by atoms with E-state index >= 15 is 0 Å². The van der Waals surface area contributed by atoms with Gasteiger partial charge in [0.25, 0.3) is 0 Å². The predicted octanol–water partition coefficient (Wildman–Crippen LogP) is 3.23. The Labute approximate surface area is 93.2 Å². The van der Waals surface area contributed by atoms with Crippen molar-refractivity contribution in [1.82, 2.24) is 10.2 Å². The van der Waals surface area contributed by atoms with Crippen LogP contribution in [0.25, 0.3) is 0 Å². The average Bonchev–Trinajstić information content (AvgIpc) is 2.68. The maximum absolute atomic E-state index is 4.11. The number of hydrogen-bond acceptors (Lipinski definition) is 4. The lowest BCUT2D eigenvalue weighted by Gasteiger charge is -1.99. The molecule has 1 heterocycles. The summed E-state index contributed by atoms with van der Waals surface area (Å²) >= 11 is 1.62. The monoisotopic (exact) mass is 219 g/mol. The molecule has 0 amide bonds. The molecule has 0 bridgehead atoms. The van der Waals surface area contributed by atoms with E-state index in [0.717, 1.165) is 28.7 Å². The standard InChI is InChI=1S/C11H13N3S/c1-2-6-10-13-14-11(15-10)12-9-7-4-3-5-8-9/h3-5,7-8H,2,6H2,1H3,(H,12,14). The van der Waals surface area contributed by atoms with E-state index in [1.54, 1.807) is 11.3 Å². The van der Waals surface area contributed by atoms with Crippen molar-refractivity contribution in [2.45, 2.75) is 19.8 Å². The maximum Gasteiger partial charge on any atom is 0.210 e. The largest absolute Gasteiger partial charge is 0.330 e. The van der Waals surface area contributed by atoms with Gasteiger partial charge >= 0.3 is 0 Å². The van der Waals surface area contributed by atoms with E-state index in [0.29, 0.717) is 0 Å². The van der Waals surface area contributed by atoms with Crippen molar-refractivity contribution in [3.63, 3.8) is 0 Å². The van der Waals surface area contributed by atoms with E-state index in [9.17, 15) is 0 Å². The SMILES string of the molecule is CCCc1nnc(Nc2ccccc2)s1. The van der Waals surface area contributed by atoms with Crippen LogP contribution in [0, 0.1) is 0 Å². The van der Waals surface area contributed by atoms with Crippen molar-refractivity contribution in [2.24, 2.45) is 0 Å². The number of rotatable bonds is 4. The van der Waals surface area contributed by atoms with Crippen LogP contribution in [0.3, 0.4) is 0 Å². The van der Waals surface area contributed by atoms with Crippen molar-refractivity contribution in [2.75, 3.05) is 5.32 Å². The highest BCUT2D eigenvalue weighted by atomic mass is 32.1. The molecule has 0 fully saturated rings. The van der Waals surface area contributed by atoms with Crippen molar-refractivity contribution in [3.05, 3.63) is 35.3 Å². The molecule has 0 aliphatic heterocycles. The lowest BCUT2D eigenvalue weighted by atomic mass is 10.3. The average molecular weight is 219 g/mol. The Balaban J connectivity index is 2.05. The second-order valence-electron chi connectivity index (χ2n) is 3.24. The van der Waals surface area contributed by atoms with Gasteiger partial charge in [-0.2, -0.15) is 0 Å². The molecular formula is C11H13N3S. The first-order chi connectivity index (χ1) is 7.38. The molecule has 3 nitrogen and oxygen atoms in total. The summed E-state index contributed by atoms with van der Waals surface area (Å²) in [4.78, 5) is 0. The third-order valence-electron chi connectivity index (χ3n) is 1.96. The van der Waals surface area contributed by atoms with Crippen LogP contribution in [-0.2, 0) is 6.42 Å². The zero-order valence-electron chi connectivity index (χ0n) is 8.60. The lowest BCUT2D eigenvalue weighted by molar-refractivity contribution is 0.879. The molecule has 0 unspecified atom stereocenters. The van der Waals surface area contributed by atoms with Gasteiger partial charge in [0.05, 0.1) is 0 Å². The molecule has 0 aliphatic carbocycles. The number of hydrogen-bond donors (Lipinski definition) is 1. The Kier molecular flexibility index (Phi) is 3.29. The predicted molar refractivity (Wildman–Crippen MR) is 63.6 cm³/mol. The topological polar surface area (TPSA) is 37.8 Å². The Hall–Kier alpha value is -1.42. The minimum Gasteiger partial charge on any atom is -0.330 e. The van der Waals surface area contributed by atoms with Crippen molar-refractivity contribution >= 4 is 22.2 Å². The molecule has 2 aromatic rings. The molecular weight excluding hydrogens is 206 g/mol. The molecule has 1 aromatic carbocycles. The molecule has 1 N–H and O–H groups in total. The van der Waals surface area contributed by atoms with E-state index in [1.165, 1.54) is 0 Å². The van der Waals surface area contributed by atoms with Crippen molar-refractivity contribution in [1.29, 1.82) is 0 Å². The molecule has 0 aliphatic rings.